The summed E-state index contributed by atoms with van der Waals surface area (Å²) in [6.45, 7) is 10.4. The second-order valence-electron chi connectivity index (χ2n) is 7.28. The van der Waals surface area contributed by atoms with Crippen LogP contribution in [0.25, 0.3) is 0 Å². The van der Waals surface area contributed by atoms with Crippen LogP contribution in [-0.2, 0) is 22.7 Å². The molecule has 0 atom stereocenters. The van der Waals surface area contributed by atoms with Gasteiger partial charge in [0.05, 0.1) is 6.54 Å². The van der Waals surface area contributed by atoms with Gasteiger partial charge < -0.3 is 20.0 Å². The van der Waals surface area contributed by atoms with Crippen molar-refractivity contribution in [2.75, 3.05) is 39.8 Å². The standard InChI is InChI=1S/C22H35N5O2.HI/c1-5-23-22(25(4)17-21(29)26(6-2)7-3)24-14-10-13-20(28)27-15-18-11-8-9-12-19(18)16-27;/h8-9,11-12H,5-7,10,13-17H2,1-4H3,(H,23,24);1H. The maximum atomic E-state index is 12.5. The average molecular weight is 529 g/mol. The number of nitrogens with zero attached hydrogens (tertiary/aromatic N) is 4. The van der Waals surface area contributed by atoms with Crippen molar-refractivity contribution in [1.82, 2.24) is 20.0 Å². The van der Waals surface area contributed by atoms with Gasteiger partial charge in [0.1, 0.15) is 0 Å². The lowest BCUT2D eigenvalue weighted by atomic mass is 10.1. The van der Waals surface area contributed by atoms with E-state index in [1.54, 1.807) is 0 Å². The topological polar surface area (TPSA) is 68.2 Å². The third kappa shape index (κ3) is 7.45. The molecule has 0 aromatic heterocycles. The fourth-order valence-corrected chi connectivity index (χ4v) is 3.51. The monoisotopic (exact) mass is 529 g/mol. The molecule has 1 aliphatic rings. The highest BCUT2D eigenvalue weighted by molar-refractivity contribution is 14.0. The number of carbonyl (C=O) groups excluding carboxylic acids is 2. The first-order chi connectivity index (χ1) is 14.0. The van der Waals surface area contributed by atoms with Crippen LogP contribution in [0.5, 0.6) is 0 Å². The first-order valence-electron chi connectivity index (χ1n) is 10.6. The third-order valence-corrected chi connectivity index (χ3v) is 5.19. The van der Waals surface area contributed by atoms with Crippen molar-refractivity contribution in [3.8, 4) is 0 Å². The van der Waals surface area contributed by atoms with Gasteiger partial charge in [-0.05, 0) is 38.3 Å². The van der Waals surface area contributed by atoms with Crippen LogP contribution in [-0.4, -0.2) is 72.2 Å². The largest absolute Gasteiger partial charge is 0.357 e. The van der Waals surface area contributed by atoms with Gasteiger partial charge in [-0.15, -0.1) is 24.0 Å². The van der Waals surface area contributed by atoms with Crippen LogP contribution in [0.1, 0.15) is 44.7 Å². The molecule has 0 fully saturated rings. The van der Waals surface area contributed by atoms with E-state index in [0.717, 1.165) is 6.54 Å². The van der Waals surface area contributed by atoms with E-state index in [1.165, 1.54) is 11.1 Å². The zero-order chi connectivity index (χ0) is 21.2. The number of fused-ring (bicyclic) bond motifs is 1. The molecule has 0 radical (unpaired) electrons. The maximum absolute atomic E-state index is 12.5. The molecular weight excluding hydrogens is 493 g/mol. The molecule has 0 saturated heterocycles. The van der Waals surface area contributed by atoms with Crippen molar-refractivity contribution in [3.63, 3.8) is 0 Å². The summed E-state index contributed by atoms with van der Waals surface area (Å²) in [6.07, 6.45) is 1.18. The van der Waals surface area contributed by atoms with Gasteiger partial charge in [-0.2, -0.15) is 0 Å². The molecule has 1 aromatic carbocycles. The van der Waals surface area contributed by atoms with Gasteiger partial charge in [-0.25, -0.2) is 0 Å². The predicted molar refractivity (Wildman–Crippen MR) is 132 cm³/mol. The highest BCUT2D eigenvalue weighted by Crippen LogP contribution is 2.22. The second kappa shape index (κ2) is 13.5. The van der Waals surface area contributed by atoms with Crippen molar-refractivity contribution in [1.29, 1.82) is 0 Å². The second-order valence-corrected chi connectivity index (χ2v) is 7.28. The summed E-state index contributed by atoms with van der Waals surface area (Å²) in [7, 11) is 1.87. The number of rotatable bonds is 9. The van der Waals surface area contributed by atoms with Crippen molar-refractivity contribution in [2.24, 2.45) is 4.99 Å². The zero-order valence-electron chi connectivity index (χ0n) is 18.7. The molecule has 2 rings (SSSR count). The lowest BCUT2D eigenvalue weighted by Crippen LogP contribution is -2.45. The molecule has 1 N–H and O–H groups in total. The molecule has 0 saturated carbocycles. The van der Waals surface area contributed by atoms with E-state index in [0.29, 0.717) is 58.1 Å². The Morgan fingerprint density at radius 2 is 1.70 bits per heavy atom. The third-order valence-electron chi connectivity index (χ3n) is 5.19. The molecule has 0 bridgehead atoms. The first-order valence-corrected chi connectivity index (χ1v) is 10.6. The number of aliphatic imine (C=N–C) groups is 1. The van der Waals surface area contributed by atoms with Gasteiger partial charge in [0.25, 0.3) is 0 Å². The number of hydrogen-bond donors (Lipinski definition) is 1. The Kier molecular flexibility index (Phi) is 11.8. The van der Waals surface area contributed by atoms with E-state index in [9.17, 15) is 9.59 Å². The summed E-state index contributed by atoms with van der Waals surface area (Å²) < 4.78 is 0. The van der Waals surface area contributed by atoms with E-state index < -0.39 is 0 Å². The summed E-state index contributed by atoms with van der Waals surface area (Å²) in [5.74, 6) is 0.965. The number of likely N-dealkylation sites (N-methyl/N-ethyl adjacent to an activating group) is 2. The lowest BCUT2D eigenvalue weighted by molar-refractivity contribution is -0.132. The van der Waals surface area contributed by atoms with Crippen molar-refractivity contribution in [2.45, 2.75) is 46.7 Å². The molecule has 7 nitrogen and oxygen atoms in total. The Balaban J connectivity index is 0.00000450. The van der Waals surface area contributed by atoms with Crippen LogP contribution >= 0.6 is 24.0 Å². The number of halogens is 1. The van der Waals surface area contributed by atoms with E-state index in [2.05, 4.69) is 22.4 Å². The predicted octanol–water partition coefficient (Wildman–Crippen LogP) is 2.69. The van der Waals surface area contributed by atoms with Gasteiger partial charge in [-0.1, -0.05) is 24.3 Å². The maximum Gasteiger partial charge on any atom is 0.242 e. The fraction of sp³-hybridized carbons (Fsp3) is 0.591. The average Bonchev–Trinajstić information content (AvgIpc) is 3.15. The summed E-state index contributed by atoms with van der Waals surface area (Å²) in [4.78, 5) is 35.0. The number of nitrogens with one attached hydrogen (secondary N) is 1. The first kappa shape index (κ1) is 26.2. The Morgan fingerprint density at radius 3 is 2.23 bits per heavy atom. The normalized spacial score (nSPS) is 12.8. The Morgan fingerprint density at radius 1 is 1.10 bits per heavy atom. The van der Waals surface area contributed by atoms with E-state index in [-0.39, 0.29) is 35.8 Å². The van der Waals surface area contributed by atoms with Gasteiger partial charge >= 0.3 is 0 Å². The van der Waals surface area contributed by atoms with E-state index in [1.807, 2.05) is 54.7 Å². The molecule has 0 aliphatic carbocycles. The van der Waals surface area contributed by atoms with E-state index in [4.69, 9.17) is 0 Å². The van der Waals surface area contributed by atoms with Crippen LogP contribution in [0, 0.1) is 0 Å². The van der Waals surface area contributed by atoms with Gasteiger partial charge in [0.15, 0.2) is 5.96 Å². The number of hydrogen-bond acceptors (Lipinski definition) is 3. The molecule has 0 spiro atoms. The quantitative estimate of drug-likeness (QED) is 0.231. The van der Waals surface area contributed by atoms with Crippen LogP contribution in [0.15, 0.2) is 29.3 Å². The van der Waals surface area contributed by atoms with Crippen molar-refractivity contribution in [3.05, 3.63) is 35.4 Å². The Bertz CT molecular complexity index is 696. The van der Waals surface area contributed by atoms with Crippen LogP contribution < -0.4 is 5.32 Å². The number of benzene rings is 1. The summed E-state index contributed by atoms with van der Waals surface area (Å²) >= 11 is 0. The number of amides is 2. The Hall–Kier alpha value is -1.84. The molecule has 30 heavy (non-hydrogen) atoms. The molecule has 1 heterocycles. The molecular formula is C22H36IN5O2. The zero-order valence-corrected chi connectivity index (χ0v) is 21.0. The molecule has 0 unspecified atom stereocenters. The molecule has 168 valence electrons. The van der Waals surface area contributed by atoms with Gasteiger partial charge in [0.2, 0.25) is 11.8 Å². The molecule has 8 heteroatoms. The van der Waals surface area contributed by atoms with Crippen LogP contribution in [0.3, 0.4) is 0 Å². The lowest BCUT2D eigenvalue weighted by Gasteiger charge is -2.25. The van der Waals surface area contributed by atoms with E-state index >= 15 is 0 Å². The number of guanidine groups is 1. The minimum Gasteiger partial charge on any atom is -0.357 e. The minimum atomic E-state index is 0. The van der Waals surface area contributed by atoms with Crippen molar-refractivity contribution >= 4 is 41.8 Å². The summed E-state index contributed by atoms with van der Waals surface area (Å²) in [5, 5.41) is 3.23. The minimum absolute atomic E-state index is 0. The smallest absolute Gasteiger partial charge is 0.242 e. The Labute approximate surface area is 197 Å². The SMILES string of the molecule is CCNC(=NCCCC(=O)N1Cc2ccccc2C1)N(C)CC(=O)N(CC)CC.I. The van der Waals surface area contributed by atoms with Crippen molar-refractivity contribution < 1.29 is 9.59 Å². The summed E-state index contributed by atoms with van der Waals surface area (Å²) in [5.41, 5.74) is 2.49. The summed E-state index contributed by atoms with van der Waals surface area (Å²) in [6, 6.07) is 8.21. The number of carbonyl (C=O) groups is 2. The van der Waals surface area contributed by atoms with Crippen LogP contribution in [0.2, 0.25) is 0 Å². The highest BCUT2D eigenvalue weighted by atomic mass is 127. The van der Waals surface area contributed by atoms with Gasteiger partial charge in [0, 0.05) is 52.7 Å². The molecule has 1 aliphatic heterocycles. The van der Waals surface area contributed by atoms with Gasteiger partial charge in [-0.3, -0.25) is 14.6 Å². The highest BCUT2D eigenvalue weighted by Gasteiger charge is 2.22. The molecule has 2 amide bonds. The van der Waals surface area contributed by atoms with Crippen LogP contribution in [0.4, 0.5) is 0 Å². The molecule has 1 aromatic rings. The fourth-order valence-electron chi connectivity index (χ4n) is 3.51.